The van der Waals surface area contributed by atoms with Gasteiger partial charge >= 0.3 is 0 Å². The Morgan fingerprint density at radius 1 is 0.765 bits per heavy atom. The summed E-state index contributed by atoms with van der Waals surface area (Å²) in [6.07, 6.45) is 0.540. The first-order valence-corrected chi connectivity index (χ1v) is 7.07. The topological polar surface area (TPSA) is 12.5 Å². The van der Waals surface area contributed by atoms with E-state index in [1.165, 1.54) is 22.3 Å². The third-order valence-corrected chi connectivity index (χ3v) is 4.41. The quantitative estimate of drug-likeness (QED) is 0.608. The highest BCUT2D eigenvalue weighted by Gasteiger charge is 2.47. The summed E-state index contributed by atoms with van der Waals surface area (Å²) in [7, 11) is 0. The molecular weight excluding hydrogens is 344 g/mol. The summed E-state index contributed by atoms with van der Waals surface area (Å²) in [5, 5.41) is 0. The Labute approximate surface area is 116 Å². The second-order valence-electron chi connectivity index (χ2n) is 4.44. The van der Waals surface area contributed by atoms with Gasteiger partial charge in [-0.3, -0.25) is 0 Å². The number of benzene rings is 2. The van der Waals surface area contributed by atoms with Crippen LogP contribution in [0.5, 0.6) is 0 Å². The summed E-state index contributed by atoms with van der Waals surface area (Å²) >= 11 is 7.08. The van der Waals surface area contributed by atoms with Gasteiger partial charge in [0.05, 0.1) is 0 Å². The van der Waals surface area contributed by atoms with E-state index < -0.39 is 0 Å². The van der Waals surface area contributed by atoms with Crippen molar-refractivity contribution >= 4 is 31.9 Å². The Balaban J connectivity index is 2.06. The second-order valence-corrected chi connectivity index (χ2v) is 6.27. The predicted molar refractivity (Wildman–Crippen MR) is 73.8 cm³/mol. The number of halogens is 2. The molecule has 2 aliphatic rings. The predicted octanol–water partition coefficient (Wildman–Crippen LogP) is 5.00. The molecular formula is C14H8Br2O. The summed E-state index contributed by atoms with van der Waals surface area (Å²) in [5.41, 5.74) is 5.19. The molecule has 4 rings (SSSR count). The molecule has 1 heterocycles. The highest BCUT2D eigenvalue weighted by molar-refractivity contribution is 9.10. The van der Waals surface area contributed by atoms with E-state index in [9.17, 15) is 0 Å². The maximum atomic E-state index is 5.78. The lowest BCUT2D eigenvalue weighted by Gasteiger charge is -2.17. The third kappa shape index (κ3) is 1.46. The number of hydrogen-bond acceptors (Lipinski definition) is 1. The Morgan fingerprint density at radius 2 is 1.24 bits per heavy atom. The van der Waals surface area contributed by atoms with Crippen LogP contribution in [0.25, 0.3) is 11.1 Å². The molecule has 1 saturated heterocycles. The monoisotopic (exact) mass is 350 g/mol. The lowest BCUT2D eigenvalue weighted by atomic mass is 9.86. The van der Waals surface area contributed by atoms with E-state index in [2.05, 4.69) is 68.3 Å². The van der Waals surface area contributed by atoms with E-state index in [1.807, 2.05) is 0 Å². The number of ether oxygens (including phenoxy) is 1. The normalized spacial score (nSPS) is 23.6. The average molecular weight is 352 g/mol. The van der Waals surface area contributed by atoms with Gasteiger partial charge in [-0.25, -0.2) is 0 Å². The van der Waals surface area contributed by atoms with E-state index in [0.29, 0.717) is 0 Å². The molecule has 0 saturated carbocycles. The molecule has 1 fully saturated rings. The molecule has 3 heteroatoms. The maximum Gasteiger partial charge on any atom is 0.114 e. The Kier molecular flexibility index (Phi) is 2.08. The van der Waals surface area contributed by atoms with Gasteiger partial charge < -0.3 is 4.74 Å². The van der Waals surface area contributed by atoms with Crippen molar-refractivity contribution in [2.45, 2.75) is 12.2 Å². The first-order chi connectivity index (χ1) is 8.24. The van der Waals surface area contributed by atoms with Crippen LogP contribution in [0, 0.1) is 0 Å². The number of fused-ring (bicyclic) bond motifs is 6. The molecule has 1 aliphatic carbocycles. The standard InChI is InChI=1S/C14H8Br2O/c15-7-1-3-9-11(5-7)12-6-8(16)2-4-10(12)14-13(9)17-14/h1-6,13-14H/t13-,14-/m1/s1. The van der Waals surface area contributed by atoms with Crippen LogP contribution in [-0.2, 0) is 4.74 Å². The van der Waals surface area contributed by atoms with Gasteiger partial charge in [0.15, 0.2) is 0 Å². The van der Waals surface area contributed by atoms with Gasteiger partial charge in [0.1, 0.15) is 12.2 Å². The molecule has 0 unspecified atom stereocenters. The number of rotatable bonds is 0. The fraction of sp³-hybridized carbons (Fsp3) is 0.143. The summed E-state index contributed by atoms with van der Waals surface area (Å²) in [4.78, 5) is 0. The first-order valence-electron chi connectivity index (χ1n) is 5.49. The van der Waals surface area contributed by atoms with Crippen molar-refractivity contribution in [1.82, 2.24) is 0 Å². The molecule has 1 nitrogen and oxygen atoms in total. The summed E-state index contributed by atoms with van der Waals surface area (Å²) < 4.78 is 8.00. The van der Waals surface area contributed by atoms with Crippen molar-refractivity contribution < 1.29 is 4.74 Å². The van der Waals surface area contributed by atoms with E-state index in [0.717, 1.165) is 8.95 Å². The molecule has 0 radical (unpaired) electrons. The molecule has 2 atom stereocenters. The van der Waals surface area contributed by atoms with Crippen LogP contribution >= 0.6 is 31.9 Å². The molecule has 0 aromatic heterocycles. The Bertz CT molecular complexity index is 581. The van der Waals surface area contributed by atoms with Gasteiger partial charge in [0.2, 0.25) is 0 Å². The van der Waals surface area contributed by atoms with Crippen LogP contribution < -0.4 is 0 Å². The number of hydrogen-bond donors (Lipinski definition) is 0. The minimum atomic E-state index is 0.270. The van der Waals surface area contributed by atoms with Gasteiger partial charge in [0.25, 0.3) is 0 Å². The summed E-state index contributed by atoms with van der Waals surface area (Å²) in [6.45, 7) is 0. The molecule has 0 spiro atoms. The van der Waals surface area contributed by atoms with Gasteiger partial charge in [0, 0.05) is 8.95 Å². The molecule has 0 bridgehead atoms. The van der Waals surface area contributed by atoms with E-state index >= 15 is 0 Å². The second kappa shape index (κ2) is 3.44. The lowest BCUT2D eigenvalue weighted by molar-refractivity contribution is 0.380. The zero-order valence-corrected chi connectivity index (χ0v) is 12.0. The molecule has 84 valence electrons. The van der Waals surface area contributed by atoms with Crippen molar-refractivity contribution in [3.8, 4) is 11.1 Å². The van der Waals surface area contributed by atoms with Crippen molar-refractivity contribution in [3.05, 3.63) is 56.5 Å². The zero-order valence-electron chi connectivity index (χ0n) is 8.78. The first kappa shape index (κ1) is 10.3. The van der Waals surface area contributed by atoms with Crippen molar-refractivity contribution in [3.63, 3.8) is 0 Å². The molecule has 2 aromatic carbocycles. The maximum absolute atomic E-state index is 5.78. The third-order valence-electron chi connectivity index (χ3n) is 3.43. The minimum absolute atomic E-state index is 0.270. The molecule has 0 N–H and O–H groups in total. The largest absolute Gasteiger partial charge is 0.359 e. The fourth-order valence-electron chi connectivity index (χ4n) is 2.61. The van der Waals surface area contributed by atoms with Crippen LogP contribution in [0.3, 0.4) is 0 Å². The summed E-state index contributed by atoms with van der Waals surface area (Å²) in [6, 6.07) is 12.8. The van der Waals surface area contributed by atoms with E-state index in [4.69, 9.17) is 4.74 Å². The van der Waals surface area contributed by atoms with Crippen LogP contribution in [-0.4, -0.2) is 0 Å². The van der Waals surface area contributed by atoms with Gasteiger partial charge in [-0.1, -0.05) is 44.0 Å². The molecule has 0 amide bonds. The van der Waals surface area contributed by atoms with E-state index in [-0.39, 0.29) is 12.2 Å². The molecule has 17 heavy (non-hydrogen) atoms. The van der Waals surface area contributed by atoms with Gasteiger partial charge in [-0.15, -0.1) is 0 Å². The fourth-order valence-corrected chi connectivity index (χ4v) is 3.33. The van der Waals surface area contributed by atoms with Gasteiger partial charge in [-0.05, 0) is 46.5 Å². The van der Waals surface area contributed by atoms with Gasteiger partial charge in [-0.2, -0.15) is 0 Å². The SMILES string of the molecule is Brc1ccc2c(c1)-c1cc(Br)ccc1[C@H]1O[C@H]21. The highest BCUT2D eigenvalue weighted by atomic mass is 79.9. The zero-order chi connectivity index (χ0) is 11.6. The van der Waals surface area contributed by atoms with Crippen LogP contribution in [0.2, 0.25) is 0 Å². The number of epoxide rings is 1. The van der Waals surface area contributed by atoms with Crippen molar-refractivity contribution in [1.29, 1.82) is 0 Å². The van der Waals surface area contributed by atoms with Crippen LogP contribution in [0.1, 0.15) is 23.3 Å². The lowest BCUT2D eigenvalue weighted by Crippen LogP contribution is -1.99. The van der Waals surface area contributed by atoms with Crippen LogP contribution in [0.15, 0.2) is 45.3 Å². The van der Waals surface area contributed by atoms with Crippen molar-refractivity contribution in [2.24, 2.45) is 0 Å². The van der Waals surface area contributed by atoms with Crippen molar-refractivity contribution in [2.75, 3.05) is 0 Å². The Morgan fingerprint density at radius 3 is 1.71 bits per heavy atom. The highest BCUT2D eigenvalue weighted by Crippen LogP contribution is 2.59. The van der Waals surface area contributed by atoms with Crippen LogP contribution in [0.4, 0.5) is 0 Å². The minimum Gasteiger partial charge on any atom is -0.359 e. The summed E-state index contributed by atoms with van der Waals surface area (Å²) in [5.74, 6) is 0. The molecule has 1 aliphatic heterocycles. The molecule has 2 aromatic rings. The Hall–Kier alpha value is -0.640. The average Bonchev–Trinajstić information content (AvgIpc) is 3.09. The smallest absolute Gasteiger partial charge is 0.114 e. The van der Waals surface area contributed by atoms with E-state index in [1.54, 1.807) is 0 Å².